The first-order valence-electron chi connectivity index (χ1n) is 7.03. The van der Waals surface area contributed by atoms with Crippen LogP contribution in [0, 0.1) is 0 Å². The number of fused-ring (bicyclic) bond motifs is 1. The van der Waals surface area contributed by atoms with E-state index >= 15 is 0 Å². The van der Waals surface area contributed by atoms with E-state index in [4.69, 9.17) is 4.74 Å². The van der Waals surface area contributed by atoms with Crippen LogP contribution in [0.3, 0.4) is 0 Å². The van der Waals surface area contributed by atoms with Gasteiger partial charge < -0.3 is 9.30 Å². The monoisotopic (exact) mass is 293 g/mol. The van der Waals surface area contributed by atoms with Crippen molar-refractivity contribution in [3.05, 3.63) is 33.1 Å². The van der Waals surface area contributed by atoms with E-state index in [1.54, 1.807) is 30.7 Å². The molecule has 0 N–H and O–H groups in total. The molecule has 0 bridgehead atoms. The summed E-state index contributed by atoms with van der Waals surface area (Å²) >= 11 is 0. The van der Waals surface area contributed by atoms with E-state index < -0.39 is 5.97 Å². The van der Waals surface area contributed by atoms with Crippen LogP contribution in [-0.2, 0) is 29.2 Å². The van der Waals surface area contributed by atoms with Gasteiger partial charge in [-0.1, -0.05) is 0 Å². The van der Waals surface area contributed by atoms with Gasteiger partial charge in [-0.25, -0.2) is 4.79 Å². The highest BCUT2D eigenvalue weighted by Crippen LogP contribution is 2.11. The molecule has 2 aromatic rings. The fraction of sp³-hybridized carbons (Fsp3) is 0.500. The van der Waals surface area contributed by atoms with Crippen LogP contribution in [0.15, 0.2) is 21.9 Å². The second-order valence-electron chi connectivity index (χ2n) is 4.56. The summed E-state index contributed by atoms with van der Waals surface area (Å²) in [5, 5.41) is 0.433. The maximum atomic E-state index is 12.3. The molecule has 2 rings (SSSR count). The Labute approximate surface area is 121 Å². The number of aryl methyl sites for hydroxylation is 1. The molecule has 0 atom stereocenters. The molecule has 7 heteroatoms. The van der Waals surface area contributed by atoms with Crippen LogP contribution in [0.25, 0.3) is 11.0 Å². The molecular weight excluding hydrogens is 274 g/mol. The third-order valence-electron chi connectivity index (χ3n) is 3.36. The van der Waals surface area contributed by atoms with Crippen LogP contribution in [0.1, 0.15) is 20.8 Å². The molecule has 2 heterocycles. The number of rotatable bonds is 5. The van der Waals surface area contributed by atoms with Gasteiger partial charge in [-0.15, -0.1) is 0 Å². The predicted octanol–water partition coefficient (Wildman–Crippen LogP) is 0.568. The van der Waals surface area contributed by atoms with Crippen molar-refractivity contribution in [3.8, 4) is 0 Å². The lowest BCUT2D eigenvalue weighted by Crippen LogP contribution is -2.39. The number of hydrogen-bond acceptors (Lipinski definition) is 4. The van der Waals surface area contributed by atoms with E-state index in [1.807, 2.05) is 6.92 Å². The molecule has 0 amide bonds. The summed E-state index contributed by atoms with van der Waals surface area (Å²) in [5.41, 5.74) is -0.226. The predicted molar refractivity (Wildman–Crippen MR) is 78.4 cm³/mol. The van der Waals surface area contributed by atoms with Crippen LogP contribution < -0.4 is 11.2 Å². The summed E-state index contributed by atoms with van der Waals surface area (Å²) in [6.07, 6.45) is 1.63. The van der Waals surface area contributed by atoms with E-state index in [0.29, 0.717) is 30.7 Å². The molecule has 0 aliphatic heterocycles. The summed E-state index contributed by atoms with van der Waals surface area (Å²) < 4.78 is 9.19. The van der Waals surface area contributed by atoms with Crippen LogP contribution >= 0.6 is 0 Å². The molecule has 0 saturated carbocycles. The van der Waals surface area contributed by atoms with Crippen molar-refractivity contribution in [3.63, 3.8) is 0 Å². The number of esters is 1. The molecule has 0 fully saturated rings. The van der Waals surface area contributed by atoms with Gasteiger partial charge in [0.2, 0.25) is 0 Å². The molecule has 0 spiro atoms. The van der Waals surface area contributed by atoms with E-state index in [9.17, 15) is 14.4 Å². The highest BCUT2D eigenvalue weighted by Gasteiger charge is 2.16. The number of carbonyl (C=O) groups is 1. The first-order valence-corrected chi connectivity index (χ1v) is 7.03. The normalized spacial score (nSPS) is 11.0. The Bertz CT molecular complexity index is 782. The van der Waals surface area contributed by atoms with Gasteiger partial charge in [0.1, 0.15) is 12.2 Å². The van der Waals surface area contributed by atoms with Gasteiger partial charge in [0.15, 0.2) is 0 Å². The van der Waals surface area contributed by atoms with E-state index in [1.165, 1.54) is 9.13 Å². The molecule has 0 unspecified atom stereocenters. The van der Waals surface area contributed by atoms with Gasteiger partial charge in [0.05, 0.1) is 12.0 Å². The Balaban J connectivity index is 2.69. The summed E-state index contributed by atoms with van der Waals surface area (Å²) in [4.78, 5) is 36.3. The first kappa shape index (κ1) is 15.1. The highest BCUT2D eigenvalue weighted by atomic mass is 16.5. The van der Waals surface area contributed by atoms with Crippen molar-refractivity contribution in [2.24, 2.45) is 0 Å². The van der Waals surface area contributed by atoms with E-state index in [0.717, 1.165) is 0 Å². The number of hydrogen-bond donors (Lipinski definition) is 0. The minimum atomic E-state index is -0.398. The lowest BCUT2D eigenvalue weighted by molar-refractivity contribution is -0.143. The molecule has 0 radical (unpaired) electrons. The fourth-order valence-electron chi connectivity index (χ4n) is 2.44. The lowest BCUT2D eigenvalue weighted by Gasteiger charge is -2.12. The zero-order chi connectivity index (χ0) is 15.6. The van der Waals surface area contributed by atoms with Crippen LogP contribution in [-0.4, -0.2) is 26.3 Å². The molecule has 0 aliphatic rings. The number of ether oxygens (including phenoxy) is 1. The van der Waals surface area contributed by atoms with Gasteiger partial charge in [-0.3, -0.25) is 18.7 Å². The van der Waals surface area contributed by atoms with Crippen molar-refractivity contribution in [2.45, 2.75) is 40.4 Å². The summed E-state index contributed by atoms with van der Waals surface area (Å²) in [5.74, 6) is -0.398. The molecule has 0 aromatic carbocycles. The number of aromatic nitrogens is 3. The summed E-state index contributed by atoms with van der Waals surface area (Å²) in [6, 6.07) is 1.63. The largest absolute Gasteiger partial charge is 0.465 e. The van der Waals surface area contributed by atoms with Crippen molar-refractivity contribution in [2.75, 3.05) is 6.61 Å². The van der Waals surface area contributed by atoms with E-state index in [2.05, 4.69) is 0 Å². The van der Waals surface area contributed by atoms with E-state index in [-0.39, 0.29) is 17.8 Å². The van der Waals surface area contributed by atoms with Gasteiger partial charge in [0, 0.05) is 19.3 Å². The molecular formula is C14H19N3O4. The number of carbonyl (C=O) groups excluding carboxylic acids is 1. The van der Waals surface area contributed by atoms with Crippen molar-refractivity contribution >= 4 is 17.0 Å². The Morgan fingerprint density at radius 2 is 1.81 bits per heavy atom. The van der Waals surface area contributed by atoms with Gasteiger partial charge in [0.25, 0.3) is 5.56 Å². The SMILES string of the molecule is CCOC(=O)Cn1ccc2c(=O)n(CC)c(=O)n(CC)c21. The Morgan fingerprint density at radius 1 is 1.14 bits per heavy atom. The zero-order valence-corrected chi connectivity index (χ0v) is 12.5. The maximum Gasteiger partial charge on any atom is 0.332 e. The van der Waals surface area contributed by atoms with Crippen molar-refractivity contribution in [1.82, 2.24) is 13.7 Å². The maximum absolute atomic E-state index is 12.3. The topological polar surface area (TPSA) is 75.2 Å². The van der Waals surface area contributed by atoms with Crippen LogP contribution in [0.4, 0.5) is 0 Å². The Morgan fingerprint density at radius 3 is 2.38 bits per heavy atom. The minimum absolute atomic E-state index is 0.0215. The third kappa shape index (κ3) is 2.51. The zero-order valence-electron chi connectivity index (χ0n) is 12.5. The number of nitrogens with zero attached hydrogens (tertiary/aromatic N) is 3. The Hall–Kier alpha value is -2.31. The second-order valence-corrected chi connectivity index (χ2v) is 4.56. The molecule has 0 saturated heterocycles. The minimum Gasteiger partial charge on any atom is -0.465 e. The highest BCUT2D eigenvalue weighted by molar-refractivity contribution is 5.78. The smallest absolute Gasteiger partial charge is 0.332 e. The van der Waals surface area contributed by atoms with Gasteiger partial charge in [-0.2, -0.15) is 0 Å². The van der Waals surface area contributed by atoms with Crippen molar-refractivity contribution in [1.29, 1.82) is 0 Å². The quantitative estimate of drug-likeness (QED) is 0.755. The summed E-state index contributed by atoms with van der Waals surface area (Å²) in [6.45, 7) is 6.32. The van der Waals surface area contributed by atoms with Crippen LogP contribution in [0.2, 0.25) is 0 Å². The molecule has 2 aromatic heterocycles. The van der Waals surface area contributed by atoms with Gasteiger partial charge >= 0.3 is 11.7 Å². The van der Waals surface area contributed by atoms with Gasteiger partial charge in [-0.05, 0) is 26.8 Å². The summed E-state index contributed by atoms with van der Waals surface area (Å²) in [7, 11) is 0. The molecule has 7 nitrogen and oxygen atoms in total. The average molecular weight is 293 g/mol. The van der Waals surface area contributed by atoms with Crippen LogP contribution in [0.5, 0.6) is 0 Å². The second kappa shape index (κ2) is 5.99. The lowest BCUT2D eigenvalue weighted by atomic mass is 10.4. The first-order chi connectivity index (χ1) is 10.0. The average Bonchev–Trinajstić information content (AvgIpc) is 2.84. The molecule has 0 aliphatic carbocycles. The molecule has 114 valence electrons. The van der Waals surface area contributed by atoms with Crippen molar-refractivity contribution < 1.29 is 9.53 Å². The molecule has 21 heavy (non-hydrogen) atoms. The standard InChI is InChI=1S/C14H19N3O4/c1-4-16-12-10(13(19)17(5-2)14(16)20)7-8-15(12)9-11(18)21-6-3/h7-8H,4-6,9H2,1-3H3. The third-order valence-corrected chi connectivity index (χ3v) is 3.36. The Kier molecular flexibility index (Phi) is 4.30. The fourth-order valence-corrected chi connectivity index (χ4v) is 2.44.